The molecule has 5 nitrogen and oxygen atoms in total. The Labute approximate surface area is 148 Å². The Morgan fingerprint density at radius 3 is 2.32 bits per heavy atom. The van der Waals surface area contributed by atoms with E-state index in [9.17, 15) is 17.6 Å². The Morgan fingerprint density at radius 2 is 1.68 bits per heavy atom. The number of carbonyl (C=O) groups is 1. The van der Waals surface area contributed by atoms with Crippen molar-refractivity contribution in [2.45, 2.75) is 55.9 Å². The van der Waals surface area contributed by atoms with E-state index in [2.05, 4.69) is 5.32 Å². The number of sulfonamides is 1. The van der Waals surface area contributed by atoms with E-state index in [-0.39, 0.29) is 22.8 Å². The van der Waals surface area contributed by atoms with Gasteiger partial charge in [0.2, 0.25) is 15.9 Å². The molecule has 0 aromatic heterocycles. The molecule has 0 radical (unpaired) electrons. The van der Waals surface area contributed by atoms with Gasteiger partial charge in [-0.15, -0.1) is 0 Å². The highest BCUT2D eigenvalue weighted by atomic mass is 32.2. The molecule has 0 unspecified atom stereocenters. The number of benzene rings is 1. The minimum absolute atomic E-state index is 0.00139. The molecule has 3 rings (SSSR count). The first-order chi connectivity index (χ1) is 12.0. The van der Waals surface area contributed by atoms with Crippen LogP contribution < -0.4 is 5.32 Å². The molecule has 1 heterocycles. The Morgan fingerprint density at radius 1 is 1.04 bits per heavy atom. The maximum Gasteiger partial charge on any atom is 0.245 e. The number of nitrogens with zero attached hydrogens (tertiary/aromatic N) is 1. The summed E-state index contributed by atoms with van der Waals surface area (Å²) in [4.78, 5) is 12.0. The molecule has 1 aliphatic carbocycles. The summed E-state index contributed by atoms with van der Waals surface area (Å²) in [5.41, 5.74) is 0. The third-order valence-corrected chi connectivity index (χ3v) is 7.16. The van der Waals surface area contributed by atoms with Gasteiger partial charge in [-0.2, -0.15) is 4.31 Å². The predicted octanol–water partition coefficient (Wildman–Crippen LogP) is 2.68. The second-order valence-corrected chi connectivity index (χ2v) is 8.86. The molecular weight excluding hydrogens is 343 g/mol. The van der Waals surface area contributed by atoms with Crippen molar-refractivity contribution in [2.75, 3.05) is 13.1 Å². The van der Waals surface area contributed by atoms with Crippen LogP contribution >= 0.6 is 0 Å². The van der Waals surface area contributed by atoms with Crippen LogP contribution in [0.4, 0.5) is 4.39 Å². The van der Waals surface area contributed by atoms with Crippen molar-refractivity contribution in [1.82, 2.24) is 9.62 Å². The second kappa shape index (κ2) is 7.83. The van der Waals surface area contributed by atoms with Crippen molar-refractivity contribution < 1.29 is 17.6 Å². The first-order valence-corrected chi connectivity index (χ1v) is 10.5. The van der Waals surface area contributed by atoms with Gasteiger partial charge in [-0.05, 0) is 37.8 Å². The van der Waals surface area contributed by atoms with Gasteiger partial charge in [-0.3, -0.25) is 4.79 Å². The SMILES string of the molecule is O=C(NC1CCN(S(=O)(=O)c2ccccc2F)CC1)C1CCCCC1. The topological polar surface area (TPSA) is 66.5 Å². The molecular formula is C18H25FN2O3S. The van der Waals surface area contributed by atoms with Gasteiger partial charge in [0, 0.05) is 25.0 Å². The summed E-state index contributed by atoms with van der Waals surface area (Å²) in [7, 11) is -3.82. The van der Waals surface area contributed by atoms with Gasteiger partial charge >= 0.3 is 0 Å². The van der Waals surface area contributed by atoms with E-state index in [0.29, 0.717) is 25.9 Å². The van der Waals surface area contributed by atoms with Gasteiger partial charge in [0.05, 0.1) is 0 Å². The maximum atomic E-state index is 13.8. The minimum Gasteiger partial charge on any atom is -0.353 e. The Hall–Kier alpha value is -1.47. The molecule has 1 amide bonds. The van der Waals surface area contributed by atoms with E-state index >= 15 is 0 Å². The normalized spacial score (nSPS) is 21.2. The van der Waals surface area contributed by atoms with Gasteiger partial charge < -0.3 is 5.32 Å². The van der Waals surface area contributed by atoms with Crippen LogP contribution in [0.2, 0.25) is 0 Å². The standard InChI is InChI=1S/C18H25FN2O3S/c19-16-8-4-5-9-17(16)25(23,24)21-12-10-15(11-13-21)20-18(22)14-6-2-1-3-7-14/h4-5,8-9,14-15H,1-3,6-7,10-13H2,(H,20,22). The lowest BCUT2D eigenvalue weighted by atomic mass is 9.88. The summed E-state index contributed by atoms with van der Waals surface area (Å²) in [5.74, 6) is -0.515. The molecule has 138 valence electrons. The molecule has 25 heavy (non-hydrogen) atoms. The number of carbonyl (C=O) groups excluding carboxylic acids is 1. The fourth-order valence-corrected chi connectivity index (χ4v) is 5.25. The molecule has 2 aliphatic rings. The summed E-state index contributed by atoms with van der Waals surface area (Å²) in [6.07, 6.45) is 6.45. The quantitative estimate of drug-likeness (QED) is 0.889. The Balaban J connectivity index is 1.56. The monoisotopic (exact) mass is 368 g/mol. The fraction of sp³-hybridized carbons (Fsp3) is 0.611. The number of hydrogen-bond acceptors (Lipinski definition) is 3. The van der Waals surface area contributed by atoms with Gasteiger partial charge in [0.1, 0.15) is 10.7 Å². The Kier molecular flexibility index (Phi) is 5.74. The highest BCUT2D eigenvalue weighted by Gasteiger charge is 2.32. The van der Waals surface area contributed by atoms with E-state index < -0.39 is 15.8 Å². The lowest BCUT2D eigenvalue weighted by Crippen LogP contribution is -2.48. The fourth-order valence-electron chi connectivity index (χ4n) is 3.72. The molecule has 0 atom stereocenters. The second-order valence-electron chi connectivity index (χ2n) is 6.95. The summed E-state index contributed by atoms with van der Waals surface area (Å²) in [6, 6.07) is 5.45. The van der Waals surface area contributed by atoms with Gasteiger partial charge in [-0.25, -0.2) is 12.8 Å². The lowest BCUT2D eigenvalue weighted by molar-refractivity contribution is -0.126. The van der Waals surface area contributed by atoms with Crippen molar-refractivity contribution in [1.29, 1.82) is 0 Å². The zero-order valence-electron chi connectivity index (χ0n) is 14.3. The number of halogens is 1. The van der Waals surface area contributed by atoms with E-state index in [4.69, 9.17) is 0 Å². The zero-order valence-corrected chi connectivity index (χ0v) is 15.1. The maximum absolute atomic E-state index is 13.8. The van der Waals surface area contributed by atoms with Crippen LogP contribution in [0.5, 0.6) is 0 Å². The average Bonchev–Trinajstić information content (AvgIpc) is 2.63. The number of piperidine rings is 1. The lowest BCUT2D eigenvalue weighted by Gasteiger charge is -2.32. The van der Waals surface area contributed by atoms with Crippen LogP contribution in [0.3, 0.4) is 0 Å². The smallest absolute Gasteiger partial charge is 0.245 e. The first kappa shape index (κ1) is 18.3. The largest absolute Gasteiger partial charge is 0.353 e. The van der Waals surface area contributed by atoms with Gasteiger partial charge in [-0.1, -0.05) is 31.4 Å². The van der Waals surface area contributed by atoms with Crippen molar-refractivity contribution in [3.05, 3.63) is 30.1 Å². The van der Waals surface area contributed by atoms with Gasteiger partial charge in [0.25, 0.3) is 0 Å². The number of amides is 1. The molecule has 1 saturated carbocycles. The van der Waals surface area contributed by atoms with Crippen molar-refractivity contribution >= 4 is 15.9 Å². The summed E-state index contributed by atoms with van der Waals surface area (Å²) in [6.45, 7) is 0.596. The van der Waals surface area contributed by atoms with Crippen molar-refractivity contribution in [3.8, 4) is 0 Å². The van der Waals surface area contributed by atoms with Crippen LogP contribution in [-0.4, -0.2) is 37.8 Å². The molecule has 2 fully saturated rings. The summed E-state index contributed by atoms with van der Waals surface area (Å²) < 4.78 is 40.3. The average molecular weight is 368 g/mol. The molecule has 1 aliphatic heterocycles. The molecule has 1 aromatic rings. The molecule has 1 N–H and O–H groups in total. The van der Waals surface area contributed by atoms with Crippen LogP contribution in [-0.2, 0) is 14.8 Å². The van der Waals surface area contributed by atoms with Gasteiger partial charge in [0.15, 0.2) is 0 Å². The highest BCUT2D eigenvalue weighted by molar-refractivity contribution is 7.89. The number of nitrogens with one attached hydrogen (secondary N) is 1. The molecule has 7 heteroatoms. The highest BCUT2D eigenvalue weighted by Crippen LogP contribution is 2.25. The molecule has 0 bridgehead atoms. The number of rotatable bonds is 4. The zero-order chi connectivity index (χ0) is 17.9. The van der Waals surface area contributed by atoms with Crippen molar-refractivity contribution in [2.24, 2.45) is 5.92 Å². The van der Waals surface area contributed by atoms with Crippen LogP contribution in [0.15, 0.2) is 29.2 Å². The summed E-state index contributed by atoms with van der Waals surface area (Å²) in [5, 5.41) is 3.08. The predicted molar refractivity (Wildman–Crippen MR) is 92.9 cm³/mol. The Bertz CT molecular complexity index is 709. The van der Waals surface area contributed by atoms with Crippen LogP contribution in [0.1, 0.15) is 44.9 Å². The molecule has 0 spiro atoms. The first-order valence-electron chi connectivity index (χ1n) is 9.03. The summed E-state index contributed by atoms with van der Waals surface area (Å²) >= 11 is 0. The minimum atomic E-state index is -3.82. The third-order valence-electron chi connectivity index (χ3n) is 5.23. The van der Waals surface area contributed by atoms with Crippen molar-refractivity contribution in [3.63, 3.8) is 0 Å². The van der Waals surface area contributed by atoms with Crippen LogP contribution in [0.25, 0.3) is 0 Å². The van der Waals surface area contributed by atoms with E-state index in [1.165, 1.54) is 28.9 Å². The third kappa shape index (κ3) is 4.20. The van der Waals surface area contributed by atoms with E-state index in [1.54, 1.807) is 0 Å². The molecule has 1 saturated heterocycles. The van der Waals surface area contributed by atoms with Crippen LogP contribution in [0, 0.1) is 11.7 Å². The van der Waals surface area contributed by atoms with E-state index in [1.807, 2.05) is 0 Å². The number of hydrogen-bond donors (Lipinski definition) is 1. The van der Waals surface area contributed by atoms with E-state index in [0.717, 1.165) is 31.7 Å². The molecule has 1 aromatic carbocycles.